The molecule has 8 heteroatoms. The van der Waals surface area contributed by atoms with Gasteiger partial charge < -0.3 is 4.90 Å². The molecule has 2 aromatic rings. The molecule has 1 aliphatic heterocycles. The van der Waals surface area contributed by atoms with E-state index in [4.69, 9.17) is 5.21 Å². The first kappa shape index (κ1) is 19.4. The van der Waals surface area contributed by atoms with Gasteiger partial charge in [-0.05, 0) is 54.2 Å². The SMILES string of the molecule is O=C(NO)c1cccc2c1CC1(CCN(Cc3cccc(C(F)(F)F)c3)C1=O)C2. The number of alkyl halides is 3. The summed E-state index contributed by atoms with van der Waals surface area (Å²) in [5.41, 5.74) is 2.62. The topological polar surface area (TPSA) is 69.6 Å². The molecule has 1 fully saturated rings. The molecular formula is C21H19F3N2O3. The van der Waals surface area contributed by atoms with Crippen LogP contribution in [0.2, 0.25) is 0 Å². The highest BCUT2D eigenvalue weighted by molar-refractivity contribution is 5.96. The highest BCUT2D eigenvalue weighted by atomic mass is 19.4. The van der Waals surface area contributed by atoms with Crippen molar-refractivity contribution < 1.29 is 28.0 Å². The summed E-state index contributed by atoms with van der Waals surface area (Å²) in [6, 6.07) is 10.2. The number of halogens is 3. The van der Waals surface area contributed by atoms with Gasteiger partial charge in [0.1, 0.15) is 0 Å². The molecule has 1 saturated heterocycles. The first-order valence-electron chi connectivity index (χ1n) is 9.24. The van der Waals surface area contributed by atoms with Gasteiger partial charge in [0.05, 0.1) is 11.0 Å². The lowest BCUT2D eigenvalue weighted by atomic mass is 9.83. The summed E-state index contributed by atoms with van der Waals surface area (Å²) in [4.78, 5) is 26.7. The van der Waals surface area contributed by atoms with E-state index >= 15 is 0 Å². The van der Waals surface area contributed by atoms with Crippen LogP contribution in [0.15, 0.2) is 42.5 Å². The number of nitrogens with zero attached hydrogens (tertiary/aromatic N) is 1. The van der Waals surface area contributed by atoms with E-state index in [1.165, 1.54) is 6.07 Å². The molecular weight excluding hydrogens is 385 g/mol. The molecule has 1 aliphatic carbocycles. The number of carbonyl (C=O) groups is 2. The van der Waals surface area contributed by atoms with Crippen molar-refractivity contribution in [3.05, 3.63) is 70.3 Å². The standard InChI is InChI=1S/C21H19F3N2O3/c22-21(23,24)15-5-1-3-13(9-15)12-26-8-7-20(19(26)28)10-14-4-2-6-16(17(14)11-20)18(27)25-29/h1-6,9,29H,7-8,10-12H2,(H,25,27). The van der Waals surface area contributed by atoms with Crippen molar-refractivity contribution in [3.63, 3.8) is 0 Å². The van der Waals surface area contributed by atoms with E-state index in [0.717, 1.165) is 23.3 Å². The number of hydrogen-bond acceptors (Lipinski definition) is 3. The minimum absolute atomic E-state index is 0.110. The summed E-state index contributed by atoms with van der Waals surface area (Å²) in [6.07, 6.45) is -3.00. The molecule has 152 valence electrons. The Morgan fingerprint density at radius 3 is 2.66 bits per heavy atom. The third kappa shape index (κ3) is 3.37. The molecule has 2 aromatic carbocycles. The van der Waals surface area contributed by atoms with Crippen molar-refractivity contribution >= 4 is 11.8 Å². The van der Waals surface area contributed by atoms with Crippen LogP contribution in [0.4, 0.5) is 13.2 Å². The van der Waals surface area contributed by atoms with E-state index in [-0.39, 0.29) is 12.5 Å². The smallest absolute Gasteiger partial charge is 0.338 e. The highest BCUT2D eigenvalue weighted by Crippen LogP contribution is 2.46. The number of hydrogen-bond donors (Lipinski definition) is 2. The van der Waals surface area contributed by atoms with Gasteiger partial charge in [-0.2, -0.15) is 13.2 Å². The summed E-state index contributed by atoms with van der Waals surface area (Å²) >= 11 is 0. The molecule has 2 N–H and O–H groups in total. The van der Waals surface area contributed by atoms with Gasteiger partial charge in [-0.25, -0.2) is 5.48 Å². The first-order valence-corrected chi connectivity index (χ1v) is 9.24. The van der Waals surface area contributed by atoms with E-state index in [1.807, 2.05) is 6.07 Å². The number of benzene rings is 2. The Labute approximate surface area is 165 Å². The second-order valence-corrected chi connectivity index (χ2v) is 7.69. The normalized spacial score (nSPS) is 21.0. The Balaban J connectivity index is 1.55. The lowest BCUT2D eigenvalue weighted by Gasteiger charge is -2.23. The zero-order chi connectivity index (χ0) is 20.8. The molecule has 29 heavy (non-hydrogen) atoms. The van der Waals surface area contributed by atoms with Gasteiger partial charge in [0.15, 0.2) is 0 Å². The Bertz CT molecular complexity index is 989. The number of likely N-dealkylation sites (tertiary alicyclic amines) is 1. The molecule has 2 aliphatic rings. The molecule has 0 saturated carbocycles. The summed E-state index contributed by atoms with van der Waals surface area (Å²) in [5.74, 6) is -0.730. The van der Waals surface area contributed by atoms with E-state index in [0.29, 0.717) is 36.9 Å². The maximum atomic E-state index is 13.2. The number of fused-ring (bicyclic) bond motifs is 1. The van der Waals surface area contributed by atoms with Gasteiger partial charge in [-0.1, -0.05) is 24.3 Å². The molecule has 1 heterocycles. The number of amides is 2. The number of carbonyl (C=O) groups excluding carboxylic acids is 2. The lowest BCUT2D eigenvalue weighted by Crippen LogP contribution is -2.35. The maximum Gasteiger partial charge on any atom is 0.416 e. The second-order valence-electron chi connectivity index (χ2n) is 7.69. The lowest BCUT2D eigenvalue weighted by molar-refractivity contribution is -0.137. The van der Waals surface area contributed by atoms with E-state index in [2.05, 4.69) is 0 Å². The van der Waals surface area contributed by atoms with Crippen molar-refractivity contribution in [2.24, 2.45) is 5.41 Å². The van der Waals surface area contributed by atoms with Gasteiger partial charge in [-0.15, -0.1) is 0 Å². The van der Waals surface area contributed by atoms with Crippen molar-refractivity contribution in [3.8, 4) is 0 Å². The molecule has 0 bridgehead atoms. The minimum Gasteiger partial charge on any atom is -0.338 e. The predicted molar refractivity (Wildman–Crippen MR) is 97.0 cm³/mol. The van der Waals surface area contributed by atoms with Gasteiger partial charge in [-0.3, -0.25) is 14.8 Å². The molecule has 4 rings (SSSR count). The van der Waals surface area contributed by atoms with Gasteiger partial charge in [0.2, 0.25) is 5.91 Å². The average molecular weight is 404 g/mol. The Morgan fingerprint density at radius 2 is 1.93 bits per heavy atom. The van der Waals surface area contributed by atoms with Gasteiger partial charge >= 0.3 is 6.18 Å². The van der Waals surface area contributed by atoms with Crippen LogP contribution >= 0.6 is 0 Å². The van der Waals surface area contributed by atoms with Crippen LogP contribution < -0.4 is 5.48 Å². The Morgan fingerprint density at radius 1 is 1.17 bits per heavy atom. The van der Waals surface area contributed by atoms with Crippen LogP contribution in [0, 0.1) is 5.41 Å². The molecule has 1 atom stereocenters. The zero-order valence-corrected chi connectivity index (χ0v) is 15.4. The summed E-state index contributed by atoms with van der Waals surface area (Å²) in [5, 5.41) is 8.96. The minimum atomic E-state index is -4.43. The fourth-order valence-electron chi connectivity index (χ4n) is 4.49. The third-order valence-electron chi connectivity index (χ3n) is 5.89. The molecule has 1 unspecified atom stereocenters. The number of rotatable bonds is 3. The molecule has 0 radical (unpaired) electrons. The van der Waals surface area contributed by atoms with Gasteiger partial charge in [0, 0.05) is 18.7 Å². The van der Waals surface area contributed by atoms with Crippen LogP contribution in [-0.4, -0.2) is 28.5 Å². The van der Waals surface area contributed by atoms with Crippen LogP contribution in [0.1, 0.15) is 39.0 Å². The summed E-state index contributed by atoms with van der Waals surface area (Å²) in [7, 11) is 0. The third-order valence-corrected chi connectivity index (χ3v) is 5.89. The Hall–Kier alpha value is -2.87. The van der Waals surface area contributed by atoms with Crippen LogP contribution in [0.25, 0.3) is 0 Å². The van der Waals surface area contributed by atoms with E-state index in [1.54, 1.807) is 28.6 Å². The highest BCUT2D eigenvalue weighted by Gasteiger charge is 2.50. The number of hydroxylamine groups is 1. The molecule has 0 aromatic heterocycles. The van der Waals surface area contributed by atoms with Crippen LogP contribution in [-0.2, 0) is 30.4 Å². The predicted octanol–water partition coefficient (Wildman–Crippen LogP) is 3.34. The number of nitrogens with one attached hydrogen (secondary N) is 1. The van der Waals surface area contributed by atoms with Crippen molar-refractivity contribution in [2.75, 3.05) is 6.54 Å². The van der Waals surface area contributed by atoms with Crippen molar-refractivity contribution in [2.45, 2.75) is 32.0 Å². The van der Waals surface area contributed by atoms with Gasteiger partial charge in [0.25, 0.3) is 5.91 Å². The molecule has 5 nitrogen and oxygen atoms in total. The van der Waals surface area contributed by atoms with Crippen molar-refractivity contribution in [1.82, 2.24) is 10.4 Å². The van der Waals surface area contributed by atoms with E-state index in [9.17, 15) is 22.8 Å². The average Bonchev–Trinajstić information content (AvgIpc) is 3.22. The molecule has 1 spiro atoms. The zero-order valence-electron chi connectivity index (χ0n) is 15.4. The van der Waals surface area contributed by atoms with Crippen LogP contribution in [0.5, 0.6) is 0 Å². The first-order chi connectivity index (χ1) is 13.7. The monoisotopic (exact) mass is 404 g/mol. The summed E-state index contributed by atoms with van der Waals surface area (Å²) in [6.45, 7) is 0.565. The quantitative estimate of drug-likeness (QED) is 0.609. The molecule has 2 amide bonds. The fourth-order valence-corrected chi connectivity index (χ4v) is 4.49. The maximum absolute atomic E-state index is 13.2. The fraction of sp³-hybridized carbons (Fsp3) is 0.333. The van der Waals surface area contributed by atoms with Crippen LogP contribution in [0.3, 0.4) is 0 Å². The second kappa shape index (κ2) is 6.88. The largest absolute Gasteiger partial charge is 0.416 e. The Kier molecular flexibility index (Phi) is 4.61. The van der Waals surface area contributed by atoms with E-state index < -0.39 is 23.1 Å². The van der Waals surface area contributed by atoms with Crippen molar-refractivity contribution in [1.29, 1.82) is 0 Å². The summed E-state index contributed by atoms with van der Waals surface area (Å²) < 4.78 is 38.9.